The van der Waals surface area contributed by atoms with Crippen LogP contribution in [0.1, 0.15) is 12.0 Å². The predicted octanol–water partition coefficient (Wildman–Crippen LogP) is 0.413. The molecule has 1 aromatic carbocycles. The van der Waals surface area contributed by atoms with E-state index in [9.17, 15) is 4.79 Å². The normalized spacial score (nSPS) is 20.1. The van der Waals surface area contributed by atoms with Gasteiger partial charge in [0.15, 0.2) is 6.10 Å². The van der Waals surface area contributed by atoms with Crippen LogP contribution in [0.3, 0.4) is 0 Å². The minimum absolute atomic E-state index is 0.0297. The number of rotatable bonds is 3. The third kappa shape index (κ3) is 2.27. The lowest BCUT2D eigenvalue weighted by atomic mass is 10.2. The Hall–Kier alpha value is -1.55. The maximum atomic E-state index is 11.2. The molecule has 0 bridgehead atoms. The summed E-state index contributed by atoms with van der Waals surface area (Å²) in [6, 6.07) is 7.49. The van der Waals surface area contributed by atoms with Crippen molar-refractivity contribution in [2.75, 3.05) is 6.54 Å². The molecule has 80 valence electrons. The minimum Gasteiger partial charge on any atom is -0.481 e. The summed E-state index contributed by atoms with van der Waals surface area (Å²) in [4.78, 5) is 11.2. The number of ether oxygens (including phenoxy) is 1. The molecule has 1 unspecified atom stereocenters. The molecule has 1 amide bonds. The SMILES string of the molecule is NCc1ccc(OC2CCNC2=O)cc1. The third-order valence-electron chi connectivity index (χ3n) is 2.44. The highest BCUT2D eigenvalue weighted by molar-refractivity contribution is 5.83. The molecule has 3 N–H and O–H groups in total. The lowest BCUT2D eigenvalue weighted by Gasteiger charge is -2.10. The van der Waals surface area contributed by atoms with Crippen molar-refractivity contribution in [2.45, 2.75) is 19.1 Å². The molecule has 0 spiro atoms. The van der Waals surface area contributed by atoms with Crippen molar-refractivity contribution in [3.63, 3.8) is 0 Å². The van der Waals surface area contributed by atoms with Gasteiger partial charge in [-0.15, -0.1) is 0 Å². The molecule has 1 saturated heterocycles. The summed E-state index contributed by atoms with van der Waals surface area (Å²) in [6.07, 6.45) is 0.394. The first kappa shape index (κ1) is 9.98. The fourth-order valence-corrected chi connectivity index (χ4v) is 1.55. The van der Waals surface area contributed by atoms with Gasteiger partial charge in [-0.05, 0) is 17.7 Å². The average Bonchev–Trinajstić information content (AvgIpc) is 2.66. The van der Waals surface area contributed by atoms with Gasteiger partial charge < -0.3 is 15.8 Å². The summed E-state index contributed by atoms with van der Waals surface area (Å²) in [5, 5.41) is 2.73. The van der Waals surface area contributed by atoms with Crippen molar-refractivity contribution >= 4 is 5.91 Å². The van der Waals surface area contributed by atoms with Crippen LogP contribution in [-0.2, 0) is 11.3 Å². The largest absolute Gasteiger partial charge is 0.481 e. The van der Waals surface area contributed by atoms with E-state index < -0.39 is 0 Å². The molecule has 1 aromatic rings. The lowest BCUT2D eigenvalue weighted by Crippen LogP contribution is -2.27. The summed E-state index contributed by atoms with van der Waals surface area (Å²) in [5.74, 6) is 0.687. The highest BCUT2D eigenvalue weighted by Crippen LogP contribution is 2.16. The van der Waals surface area contributed by atoms with E-state index in [2.05, 4.69) is 5.32 Å². The summed E-state index contributed by atoms with van der Waals surface area (Å²) in [7, 11) is 0. The van der Waals surface area contributed by atoms with Crippen molar-refractivity contribution in [1.82, 2.24) is 5.32 Å². The molecule has 1 atom stereocenters. The molecule has 1 aliphatic rings. The Bertz CT molecular complexity index is 348. The molecule has 1 heterocycles. The van der Waals surface area contributed by atoms with Crippen molar-refractivity contribution < 1.29 is 9.53 Å². The quantitative estimate of drug-likeness (QED) is 0.753. The zero-order valence-electron chi connectivity index (χ0n) is 8.40. The van der Waals surface area contributed by atoms with Crippen LogP contribution >= 0.6 is 0 Å². The number of nitrogens with one attached hydrogen (secondary N) is 1. The molecule has 0 aromatic heterocycles. The molecule has 4 nitrogen and oxygen atoms in total. The van der Waals surface area contributed by atoms with E-state index in [0.29, 0.717) is 18.8 Å². The Morgan fingerprint density at radius 2 is 2.13 bits per heavy atom. The smallest absolute Gasteiger partial charge is 0.261 e. The minimum atomic E-state index is -0.339. The predicted molar refractivity (Wildman–Crippen MR) is 56.4 cm³/mol. The standard InChI is InChI=1S/C11H14N2O2/c12-7-8-1-3-9(4-2-8)15-10-5-6-13-11(10)14/h1-4,10H,5-7,12H2,(H,13,14). The number of hydrogen-bond donors (Lipinski definition) is 2. The van der Waals surface area contributed by atoms with Gasteiger partial charge in [-0.25, -0.2) is 0 Å². The van der Waals surface area contributed by atoms with Crippen LogP contribution < -0.4 is 15.8 Å². The first-order chi connectivity index (χ1) is 7.29. The number of hydrogen-bond acceptors (Lipinski definition) is 3. The topological polar surface area (TPSA) is 64.3 Å². The van der Waals surface area contributed by atoms with Crippen LogP contribution in [0.25, 0.3) is 0 Å². The second-order valence-electron chi connectivity index (χ2n) is 3.53. The van der Waals surface area contributed by atoms with Crippen LogP contribution in [0.2, 0.25) is 0 Å². The van der Waals surface area contributed by atoms with Gasteiger partial charge in [0, 0.05) is 19.5 Å². The van der Waals surface area contributed by atoms with Crippen molar-refractivity contribution in [1.29, 1.82) is 0 Å². The van der Waals surface area contributed by atoms with Gasteiger partial charge in [0.25, 0.3) is 5.91 Å². The summed E-state index contributed by atoms with van der Waals surface area (Å²) in [6.45, 7) is 1.22. The molecule has 2 rings (SSSR count). The molecule has 0 radical (unpaired) electrons. The molecule has 1 aliphatic heterocycles. The molecule has 1 fully saturated rings. The van der Waals surface area contributed by atoms with Crippen molar-refractivity contribution in [3.05, 3.63) is 29.8 Å². The van der Waals surface area contributed by atoms with Crippen LogP contribution in [-0.4, -0.2) is 18.6 Å². The third-order valence-corrected chi connectivity index (χ3v) is 2.44. The summed E-state index contributed by atoms with van der Waals surface area (Å²) >= 11 is 0. The van der Waals surface area contributed by atoms with Crippen molar-refractivity contribution in [2.24, 2.45) is 5.73 Å². The zero-order chi connectivity index (χ0) is 10.7. The first-order valence-electron chi connectivity index (χ1n) is 5.03. The lowest BCUT2D eigenvalue weighted by molar-refractivity contribution is -0.124. The Balaban J connectivity index is 2.01. The summed E-state index contributed by atoms with van der Waals surface area (Å²) in [5.41, 5.74) is 6.53. The van der Waals surface area contributed by atoms with Gasteiger partial charge >= 0.3 is 0 Å². The van der Waals surface area contributed by atoms with E-state index >= 15 is 0 Å². The molecule has 0 saturated carbocycles. The molecule has 4 heteroatoms. The number of nitrogens with two attached hydrogens (primary N) is 1. The second-order valence-corrected chi connectivity index (χ2v) is 3.53. The van der Waals surface area contributed by atoms with Crippen LogP contribution in [0.4, 0.5) is 0 Å². The van der Waals surface area contributed by atoms with E-state index in [1.165, 1.54) is 0 Å². The van der Waals surface area contributed by atoms with Crippen LogP contribution in [0.5, 0.6) is 5.75 Å². The molecular formula is C11H14N2O2. The number of amides is 1. The Morgan fingerprint density at radius 1 is 1.40 bits per heavy atom. The van der Waals surface area contributed by atoms with Gasteiger partial charge in [-0.1, -0.05) is 12.1 Å². The van der Waals surface area contributed by atoms with Gasteiger partial charge in [-0.3, -0.25) is 4.79 Å². The number of carbonyl (C=O) groups excluding carboxylic acids is 1. The van der Waals surface area contributed by atoms with Gasteiger partial charge in [0.05, 0.1) is 0 Å². The zero-order valence-corrected chi connectivity index (χ0v) is 8.40. The van der Waals surface area contributed by atoms with Crippen LogP contribution in [0.15, 0.2) is 24.3 Å². The van der Waals surface area contributed by atoms with E-state index in [1.54, 1.807) is 0 Å². The Morgan fingerprint density at radius 3 is 2.67 bits per heavy atom. The fraction of sp³-hybridized carbons (Fsp3) is 0.364. The maximum absolute atomic E-state index is 11.2. The van der Waals surface area contributed by atoms with E-state index in [-0.39, 0.29) is 12.0 Å². The van der Waals surface area contributed by atoms with Crippen molar-refractivity contribution in [3.8, 4) is 5.75 Å². The Labute approximate surface area is 88.4 Å². The highest BCUT2D eigenvalue weighted by Gasteiger charge is 2.25. The monoisotopic (exact) mass is 206 g/mol. The fourth-order valence-electron chi connectivity index (χ4n) is 1.55. The maximum Gasteiger partial charge on any atom is 0.261 e. The second kappa shape index (κ2) is 4.31. The average molecular weight is 206 g/mol. The Kier molecular flexibility index (Phi) is 2.87. The number of carbonyl (C=O) groups is 1. The number of benzene rings is 1. The van der Waals surface area contributed by atoms with Crippen LogP contribution in [0, 0.1) is 0 Å². The first-order valence-corrected chi connectivity index (χ1v) is 5.03. The van der Waals surface area contributed by atoms with Gasteiger partial charge in [-0.2, -0.15) is 0 Å². The van der Waals surface area contributed by atoms with Gasteiger partial charge in [0.2, 0.25) is 0 Å². The highest BCUT2D eigenvalue weighted by atomic mass is 16.5. The van der Waals surface area contributed by atoms with Gasteiger partial charge in [0.1, 0.15) is 5.75 Å². The molecule has 0 aliphatic carbocycles. The molecular weight excluding hydrogens is 192 g/mol. The summed E-state index contributed by atoms with van der Waals surface area (Å²) < 4.78 is 5.53. The van der Waals surface area contributed by atoms with E-state index in [1.807, 2.05) is 24.3 Å². The molecule has 15 heavy (non-hydrogen) atoms. The van der Waals surface area contributed by atoms with E-state index in [4.69, 9.17) is 10.5 Å². The van der Waals surface area contributed by atoms with E-state index in [0.717, 1.165) is 12.0 Å².